The van der Waals surface area contributed by atoms with Crippen LogP contribution in [-0.2, 0) is 0 Å². The zero-order valence-electron chi connectivity index (χ0n) is 8.72. The second-order valence-corrected chi connectivity index (χ2v) is 3.68. The maximum Gasteiger partial charge on any atom is 0.142 e. The highest BCUT2D eigenvalue weighted by atomic mass is 19.1. The standard InChI is InChI=1S/C11H15FN2O/c1-13-5-4-9-7-15-11-3-2-8(12)6-10(11)14-9/h2-3,6,9,13-14H,4-5,7H2,1H3. The van der Waals surface area contributed by atoms with Crippen LogP contribution in [0.3, 0.4) is 0 Å². The zero-order chi connectivity index (χ0) is 10.7. The monoisotopic (exact) mass is 210 g/mol. The van der Waals surface area contributed by atoms with Crippen LogP contribution < -0.4 is 15.4 Å². The molecule has 0 aromatic heterocycles. The highest BCUT2D eigenvalue weighted by Crippen LogP contribution is 2.29. The van der Waals surface area contributed by atoms with Crippen molar-refractivity contribution in [2.45, 2.75) is 12.5 Å². The molecule has 0 amide bonds. The van der Waals surface area contributed by atoms with Crippen molar-refractivity contribution in [3.8, 4) is 5.75 Å². The van der Waals surface area contributed by atoms with E-state index in [1.54, 1.807) is 6.07 Å². The van der Waals surface area contributed by atoms with Crippen LogP contribution in [0.2, 0.25) is 0 Å². The Balaban J connectivity index is 2.05. The third-order valence-electron chi connectivity index (χ3n) is 2.48. The van der Waals surface area contributed by atoms with E-state index in [0.29, 0.717) is 6.61 Å². The fraction of sp³-hybridized carbons (Fsp3) is 0.455. The Bertz CT molecular complexity index is 343. The number of halogens is 1. The molecule has 0 aliphatic carbocycles. The smallest absolute Gasteiger partial charge is 0.142 e. The van der Waals surface area contributed by atoms with Crippen molar-refractivity contribution in [2.75, 3.05) is 25.5 Å². The first-order valence-corrected chi connectivity index (χ1v) is 5.13. The van der Waals surface area contributed by atoms with Gasteiger partial charge in [0.2, 0.25) is 0 Å². The summed E-state index contributed by atoms with van der Waals surface area (Å²) < 4.78 is 18.5. The molecular formula is C11H15FN2O. The van der Waals surface area contributed by atoms with Crippen LogP contribution in [0.15, 0.2) is 18.2 Å². The number of nitrogens with one attached hydrogen (secondary N) is 2. The third-order valence-corrected chi connectivity index (χ3v) is 2.48. The van der Waals surface area contributed by atoms with Crippen LogP contribution in [0.5, 0.6) is 5.75 Å². The molecule has 1 aromatic carbocycles. The molecule has 0 fully saturated rings. The number of benzene rings is 1. The van der Waals surface area contributed by atoms with Gasteiger partial charge in [0.15, 0.2) is 0 Å². The molecule has 15 heavy (non-hydrogen) atoms. The highest BCUT2D eigenvalue weighted by molar-refractivity contribution is 5.58. The van der Waals surface area contributed by atoms with Crippen molar-refractivity contribution < 1.29 is 9.13 Å². The molecule has 3 nitrogen and oxygen atoms in total. The maximum atomic E-state index is 13.0. The summed E-state index contributed by atoms with van der Waals surface area (Å²) in [6.07, 6.45) is 0.965. The topological polar surface area (TPSA) is 33.3 Å². The summed E-state index contributed by atoms with van der Waals surface area (Å²) in [5, 5.41) is 6.35. The first-order chi connectivity index (χ1) is 7.29. The van der Waals surface area contributed by atoms with E-state index in [9.17, 15) is 4.39 Å². The molecule has 1 aliphatic heterocycles. The van der Waals surface area contributed by atoms with Crippen molar-refractivity contribution in [2.24, 2.45) is 0 Å². The molecule has 82 valence electrons. The normalized spacial score (nSPS) is 18.9. The summed E-state index contributed by atoms with van der Waals surface area (Å²) in [7, 11) is 1.91. The molecule has 1 unspecified atom stereocenters. The molecule has 2 N–H and O–H groups in total. The van der Waals surface area contributed by atoms with E-state index >= 15 is 0 Å². The van der Waals surface area contributed by atoms with E-state index in [1.807, 2.05) is 7.05 Å². The van der Waals surface area contributed by atoms with Crippen LogP contribution in [0.4, 0.5) is 10.1 Å². The predicted molar refractivity (Wildman–Crippen MR) is 57.8 cm³/mol. The Hall–Kier alpha value is -1.29. The van der Waals surface area contributed by atoms with Gasteiger partial charge >= 0.3 is 0 Å². The number of hydrogen-bond acceptors (Lipinski definition) is 3. The van der Waals surface area contributed by atoms with Crippen LogP contribution in [0.25, 0.3) is 0 Å². The van der Waals surface area contributed by atoms with E-state index < -0.39 is 0 Å². The van der Waals surface area contributed by atoms with Crippen LogP contribution >= 0.6 is 0 Å². The van der Waals surface area contributed by atoms with Crippen molar-refractivity contribution >= 4 is 5.69 Å². The van der Waals surface area contributed by atoms with Crippen molar-refractivity contribution in [1.29, 1.82) is 0 Å². The van der Waals surface area contributed by atoms with Gasteiger partial charge in [-0.3, -0.25) is 0 Å². The Morgan fingerprint density at radius 1 is 1.60 bits per heavy atom. The van der Waals surface area contributed by atoms with E-state index in [2.05, 4.69) is 10.6 Å². The minimum absolute atomic E-state index is 0.237. The van der Waals surface area contributed by atoms with Gasteiger partial charge in [-0.2, -0.15) is 0 Å². The van der Waals surface area contributed by atoms with Crippen LogP contribution in [-0.4, -0.2) is 26.2 Å². The third kappa shape index (κ3) is 2.39. The fourth-order valence-corrected chi connectivity index (χ4v) is 1.67. The van der Waals surface area contributed by atoms with Crippen molar-refractivity contribution in [3.05, 3.63) is 24.0 Å². The summed E-state index contributed by atoms with van der Waals surface area (Å²) in [6.45, 7) is 1.56. The molecule has 0 bridgehead atoms. The zero-order valence-corrected chi connectivity index (χ0v) is 8.72. The maximum absolute atomic E-state index is 13.0. The van der Waals surface area contributed by atoms with Gasteiger partial charge in [0.05, 0.1) is 11.7 Å². The molecule has 2 rings (SSSR count). The average Bonchev–Trinajstić information content (AvgIpc) is 2.25. The minimum Gasteiger partial charge on any atom is -0.489 e. The first kappa shape index (κ1) is 10.2. The van der Waals surface area contributed by atoms with E-state index in [0.717, 1.165) is 24.4 Å². The predicted octanol–water partition coefficient (Wildman–Crippen LogP) is 1.61. The molecule has 1 atom stereocenters. The lowest BCUT2D eigenvalue weighted by molar-refractivity contribution is 0.277. The minimum atomic E-state index is -0.237. The molecule has 0 saturated carbocycles. The number of anilines is 1. The first-order valence-electron chi connectivity index (χ1n) is 5.13. The van der Waals surface area contributed by atoms with E-state index in [4.69, 9.17) is 4.74 Å². The van der Waals surface area contributed by atoms with Crippen molar-refractivity contribution in [3.63, 3.8) is 0 Å². The van der Waals surface area contributed by atoms with Gasteiger partial charge < -0.3 is 15.4 Å². The molecule has 1 aromatic rings. The van der Waals surface area contributed by atoms with Crippen LogP contribution in [0, 0.1) is 5.82 Å². The van der Waals surface area contributed by atoms with E-state index in [-0.39, 0.29) is 11.9 Å². The Morgan fingerprint density at radius 2 is 2.47 bits per heavy atom. The largest absolute Gasteiger partial charge is 0.489 e. The SMILES string of the molecule is CNCCC1COc2ccc(F)cc2N1. The second kappa shape index (κ2) is 4.49. The van der Waals surface area contributed by atoms with E-state index in [1.165, 1.54) is 12.1 Å². The molecule has 0 saturated heterocycles. The molecule has 1 heterocycles. The summed E-state index contributed by atoms with van der Waals surface area (Å²) >= 11 is 0. The van der Waals surface area contributed by atoms with Gasteiger partial charge in [0.1, 0.15) is 18.2 Å². The number of rotatable bonds is 3. The molecule has 1 aliphatic rings. The quantitative estimate of drug-likeness (QED) is 0.795. The number of hydrogen-bond donors (Lipinski definition) is 2. The van der Waals surface area contributed by atoms with Gasteiger partial charge in [-0.25, -0.2) is 4.39 Å². The summed E-state index contributed by atoms with van der Waals surface area (Å²) in [5.74, 6) is 0.497. The summed E-state index contributed by atoms with van der Waals surface area (Å²) in [5.41, 5.74) is 0.752. The average molecular weight is 210 g/mol. The van der Waals surface area contributed by atoms with Gasteiger partial charge in [0.25, 0.3) is 0 Å². The highest BCUT2D eigenvalue weighted by Gasteiger charge is 2.18. The molecule has 4 heteroatoms. The lowest BCUT2D eigenvalue weighted by Gasteiger charge is -2.27. The number of ether oxygens (including phenoxy) is 1. The van der Waals surface area contributed by atoms with Gasteiger partial charge in [-0.15, -0.1) is 0 Å². The lowest BCUT2D eigenvalue weighted by atomic mass is 10.1. The Kier molecular flexibility index (Phi) is 3.06. The molecule has 0 radical (unpaired) electrons. The molecule has 0 spiro atoms. The number of fused-ring (bicyclic) bond motifs is 1. The van der Waals surface area contributed by atoms with Gasteiger partial charge in [-0.05, 0) is 32.1 Å². The van der Waals surface area contributed by atoms with Crippen LogP contribution in [0.1, 0.15) is 6.42 Å². The summed E-state index contributed by atoms with van der Waals surface area (Å²) in [6, 6.07) is 4.80. The Morgan fingerprint density at radius 3 is 3.27 bits per heavy atom. The van der Waals surface area contributed by atoms with Gasteiger partial charge in [0, 0.05) is 6.07 Å². The fourth-order valence-electron chi connectivity index (χ4n) is 1.67. The van der Waals surface area contributed by atoms with Gasteiger partial charge in [-0.1, -0.05) is 0 Å². The lowest BCUT2D eigenvalue weighted by Crippen LogP contribution is -2.33. The summed E-state index contributed by atoms with van der Waals surface area (Å²) in [4.78, 5) is 0. The molecular weight excluding hydrogens is 195 g/mol. The Labute approximate surface area is 88.6 Å². The van der Waals surface area contributed by atoms with Crippen molar-refractivity contribution in [1.82, 2.24) is 5.32 Å². The second-order valence-electron chi connectivity index (χ2n) is 3.68.